The molecule has 26 heavy (non-hydrogen) atoms. The average Bonchev–Trinajstić information content (AvgIpc) is 3.11. The summed E-state index contributed by atoms with van der Waals surface area (Å²) in [5.41, 5.74) is 8.52. The standard InChI is InChI=1S/C19H28N6O/c1-13-8-9-21-16(10-13)11-14(2)24(3)19(26)18-12-25(23-22-18)17-6-4-15(20)5-7-17/h8-10,12,14-15,17H,4-7,11,20H2,1-3H3. The molecule has 1 aliphatic carbocycles. The van der Waals surface area contributed by atoms with Crippen molar-refractivity contribution in [1.82, 2.24) is 24.9 Å². The second-order valence-corrected chi connectivity index (χ2v) is 7.45. The van der Waals surface area contributed by atoms with E-state index in [1.807, 2.05) is 24.6 Å². The van der Waals surface area contributed by atoms with Gasteiger partial charge in [-0.3, -0.25) is 9.78 Å². The quantitative estimate of drug-likeness (QED) is 0.886. The zero-order valence-corrected chi connectivity index (χ0v) is 15.8. The summed E-state index contributed by atoms with van der Waals surface area (Å²) >= 11 is 0. The van der Waals surface area contributed by atoms with E-state index in [9.17, 15) is 4.79 Å². The maximum atomic E-state index is 12.8. The van der Waals surface area contributed by atoms with Crippen LogP contribution in [-0.2, 0) is 6.42 Å². The lowest BCUT2D eigenvalue weighted by molar-refractivity contribution is 0.0737. The Balaban J connectivity index is 1.63. The van der Waals surface area contributed by atoms with E-state index in [0.29, 0.717) is 18.2 Å². The third-order valence-electron chi connectivity index (χ3n) is 5.30. The molecule has 2 heterocycles. The molecule has 0 aromatic carbocycles. The summed E-state index contributed by atoms with van der Waals surface area (Å²) < 4.78 is 1.83. The van der Waals surface area contributed by atoms with Crippen molar-refractivity contribution in [1.29, 1.82) is 0 Å². The van der Waals surface area contributed by atoms with Gasteiger partial charge in [0.15, 0.2) is 5.69 Å². The summed E-state index contributed by atoms with van der Waals surface area (Å²) in [5, 5.41) is 8.30. The Labute approximate surface area is 154 Å². The van der Waals surface area contributed by atoms with Gasteiger partial charge < -0.3 is 10.6 Å². The van der Waals surface area contributed by atoms with Gasteiger partial charge in [-0.05, 0) is 57.2 Å². The van der Waals surface area contributed by atoms with Crippen LogP contribution < -0.4 is 5.73 Å². The molecule has 2 aromatic heterocycles. The van der Waals surface area contributed by atoms with Crippen LogP contribution in [0.4, 0.5) is 0 Å². The third-order valence-corrected chi connectivity index (χ3v) is 5.30. The Morgan fingerprint density at radius 2 is 2.12 bits per heavy atom. The Morgan fingerprint density at radius 3 is 2.81 bits per heavy atom. The molecule has 0 radical (unpaired) electrons. The zero-order chi connectivity index (χ0) is 18.7. The number of carbonyl (C=O) groups is 1. The predicted molar refractivity (Wildman–Crippen MR) is 99.7 cm³/mol. The molecule has 140 valence electrons. The minimum absolute atomic E-state index is 0.0228. The van der Waals surface area contributed by atoms with Gasteiger partial charge in [-0.15, -0.1) is 5.10 Å². The number of rotatable bonds is 5. The lowest BCUT2D eigenvalue weighted by Crippen LogP contribution is -2.36. The molecule has 0 aliphatic heterocycles. The second-order valence-electron chi connectivity index (χ2n) is 7.45. The van der Waals surface area contributed by atoms with Gasteiger partial charge >= 0.3 is 0 Å². The molecule has 1 fully saturated rings. The van der Waals surface area contributed by atoms with Crippen molar-refractivity contribution < 1.29 is 4.79 Å². The number of nitrogens with zero attached hydrogens (tertiary/aromatic N) is 5. The predicted octanol–water partition coefficient (Wildman–Crippen LogP) is 2.13. The molecule has 1 unspecified atom stereocenters. The smallest absolute Gasteiger partial charge is 0.276 e. The van der Waals surface area contributed by atoms with E-state index in [1.165, 1.54) is 5.56 Å². The van der Waals surface area contributed by atoms with Gasteiger partial charge in [0.2, 0.25) is 0 Å². The van der Waals surface area contributed by atoms with Crippen LogP contribution in [0.3, 0.4) is 0 Å². The molecule has 1 saturated carbocycles. The summed E-state index contributed by atoms with van der Waals surface area (Å²) in [4.78, 5) is 18.9. The van der Waals surface area contributed by atoms with Crippen LogP contribution in [0.25, 0.3) is 0 Å². The first-order chi connectivity index (χ1) is 12.4. The van der Waals surface area contributed by atoms with E-state index < -0.39 is 0 Å². The SMILES string of the molecule is Cc1ccnc(CC(C)N(C)C(=O)c2cn(C3CCC(N)CC3)nn2)c1. The van der Waals surface area contributed by atoms with Crippen LogP contribution in [0.2, 0.25) is 0 Å². The topological polar surface area (TPSA) is 89.9 Å². The fraction of sp³-hybridized carbons (Fsp3) is 0.579. The highest BCUT2D eigenvalue weighted by Crippen LogP contribution is 2.27. The number of carbonyl (C=O) groups excluding carboxylic acids is 1. The lowest BCUT2D eigenvalue weighted by atomic mass is 9.92. The molecule has 0 spiro atoms. The lowest BCUT2D eigenvalue weighted by Gasteiger charge is -2.25. The van der Waals surface area contributed by atoms with Gasteiger partial charge in [0.1, 0.15) is 0 Å². The number of amides is 1. The van der Waals surface area contributed by atoms with Crippen molar-refractivity contribution in [2.24, 2.45) is 5.73 Å². The number of nitrogens with two attached hydrogens (primary N) is 1. The third kappa shape index (κ3) is 4.27. The van der Waals surface area contributed by atoms with E-state index >= 15 is 0 Å². The Bertz CT molecular complexity index is 750. The van der Waals surface area contributed by atoms with Gasteiger partial charge in [0, 0.05) is 37.4 Å². The van der Waals surface area contributed by atoms with E-state index in [4.69, 9.17) is 5.73 Å². The molecule has 3 rings (SSSR count). The summed E-state index contributed by atoms with van der Waals surface area (Å²) in [7, 11) is 1.81. The van der Waals surface area contributed by atoms with Gasteiger partial charge in [-0.25, -0.2) is 4.68 Å². The van der Waals surface area contributed by atoms with Crippen LogP contribution in [-0.4, -0.2) is 49.9 Å². The van der Waals surface area contributed by atoms with Crippen LogP contribution in [0.15, 0.2) is 24.5 Å². The molecule has 7 heteroatoms. The molecular weight excluding hydrogens is 328 g/mol. The zero-order valence-electron chi connectivity index (χ0n) is 15.8. The molecule has 0 saturated heterocycles. The molecule has 2 aromatic rings. The van der Waals surface area contributed by atoms with Gasteiger partial charge in [-0.1, -0.05) is 5.21 Å². The highest BCUT2D eigenvalue weighted by molar-refractivity contribution is 5.91. The average molecular weight is 356 g/mol. The van der Waals surface area contributed by atoms with Crippen LogP contribution in [0.5, 0.6) is 0 Å². The molecule has 0 bridgehead atoms. The van der Waals surface area contributed by atoms with E-state index in [0.717, 1.165) is 31.4 Å². The summed E-state index contributed by atoms with van der Waals surface area (Å²) in [5.74, 6) is -0.107. The van der Waals surface area contributed by atoms with Crippen molar-refractivity contribution in [2.75, 3.05) is 7.05 Å². The van der Waals surface area contributed by atoms with Crippen molar-refractivity contribution in [3.8, 4) is 0 Å². The van der Waals surface area contributed by atoms with Gasteiger partial charge in [0.05, 0.1) is 12.2 Å². The molecule has 1 aliphatic rings. The number of aromatic nitrogens is 4. The molecular formula is C19H28N6O. The van der Waals surface area contributed by atoms with E-state index in [2.05, 4.69) is 21.4 Å². The maximum absolute atomic E-state index is 12.8. The van der Waals surface area contributed by atoms with Crippen LogP contribution in [0, 0.1) is 6.92 Å². The first-order valence-electron chi connectivity index (χ1n) is 9.30. The molecule has 1 atom stereocenters. The van der Waals surface area contributed by atoms with E-state index in [1.54, 1.807) is 24.3 Å². The van der Waals surface area contributed by atoms with Crippen molar-refractivity contribution in [3.05, 3.63) is 41.5 Å². The number of likely N-dealkylation sites (N-methyl/N-ethyl adjacent to an activating group) is 1. The maximum Gasteiger partial charge on any atom is 0.276 e. The molecule has 1 amide bonds. The Morgan fingerprint density at radius 1 is 1.38 bits per heavy atom. The fourth-order valence-corrected chi connectivity index (χ4v) is 3.45. The number of hydrogen-bond acceptors (Lipinski definition) is 5. The number of aryl methyl sites for hydroxylation is 1. The first kappa shape index (κ1) is 18.5. The van der Waals surface area contributed by atoms with Crippen molar-refractivity contribution in [2.45, 2.75) is 64.1 Å². The largest absolute Gasteiger partial charge is 0.337 e. The normalized spacial score (nSPS) is 21.4. The Hall–Kier alpha value is -2.28. The summed E-state index contributed by atoms with van der Waals surface area (Å²) in [6.45, 7) is 4.07. The molecule has 2 N–H and O–H groups in total. The minimum Gasteiger partial charge on any atom is -0.337 e. The first-order valence-corrected chi connectivity index (χ1v) is 9.30. The van der Waals surface area contributed by atoms with Crippen molar-refractivity contribution in [3.63, 3.8) is 0 Å². The molecule has 7 nitrogen and oxygen atoms in total. The highest BCUT2D eigenvalue weighted by Gasteiger charge is 2.24. The summed E-state index contributed by atoms with van der Waals surface area (Å²) in [6, 6.07) is 4.63. The van der Waals surface area contributed by atoms with Gasteiger partial charge in [0.25, 0.3) is 5.91 Å². The van der Waals surface area contributed by atoms with Gasteiger partial charge in [-0.2, -0.15) is 0 Å². The van der Waals surface area contributed by atoms with E-state index in [-0.39, 0.29) is 18.0 Å². The number of pyridine rings is 1. The Kier molecular flexibility index (Phi) is 5.66. The fourth-order valence-electron chi connectivity index (χ4n) is 3.45. The number of hydrogen-bond donors (Lipinski definition) is 1. The van der Waals surface area contributed by atoms with Crippen LogP contribution >= 0.6 is 0 Å². The van der Waals surface area contributed by atoms with Crippen molar-refractivity contribution >= 4 is 5.91 Å². The van der Waals surface area contributed by atoms with Crippen LogP contribution in [0.1, 0.15) is 60.4 Å². The summed E-state index contributed by atoms with van der Waals surface area (Å²) in [6.07, 6.45) is 8.26. The highest BCUT2D eigenvalue weighted by atomic mass is 16.2. The monoisotopic (exact) mass is 356 g/mol. The minimum atomic E-state index is -0.107. The second kappa shape index (κ2) is 7.95.